The average molecular weight is 323 g/mol. The Morgan fingerprint density at radius 2 is 1.86 bits per heavy atom. The van der Waals surface area contributed by atoms with E-state index in [1.54, 1.807) is 55.5 Å². The number of benzene rings is 2. The van der Waals surface area contributed by atoms with Gasteiger partial charge in [-0.15, -0.1) is 0 Å². The fourth-order valence-corrected chi connectivity index (χ4v) is 2.35. The van der Waals surface area contributed by atoms with Crippen molar-refractivity contribution >= 4 is 29.1 Å². The summed E-state index contributed by atoms with van der Waals surface area (Å²) >= 11 is 0.493. The van der Waals surface area contributed by atoms with E-state index in [1.165, 1.54) is 0 Å². The fourth-order valence-electron chi connectivity index (χ4n) is 1.85. The van der Waals surface area contributed by atoms with Gasteiger partial charge in [-0.2, -0.15) is 8.78 Å². The van der Waals surface area contributed by atoms with Crippen molar-refractivity contribution in [2.45, 2.75) is 17.6 Å². The quantitative estimate of drug-likeness (QED) is 0.605. The number of para-hydroxylation sites is 1. The molecule has 0 fully saturated rings. The lowest BCUT2D eigenvalue weighted by Gasteiger charge is -2.11. The van der Waals surface area contributed by atoms with E-state index in [0.29, 0.717) is 40.2 Å². The van der Waals surface area contributed by atoms with Crippen molar-refractivity contribution < 1.29 is 18.3 Å². The first kappa shape index (κ1) is 16.3. The highest BCUT2D eigenvalue weighted by atomic mass is 32.2. The Morgan fingerprint density at radius 1 is 1.18 bits per heavy atom. The molecule has 0 unspecified atom stereocenters. The smallest absolute Gasteiger partial charge is 0.340 e. The molecule has 0 bridgehead atoms. The summed E-state index contributed by atoms with van der Waals surface area (Å²) in [4.78, 5) is 12.4. The molecule has 0 aromatic heterocycles. The van der Waals surface area contributed by atoms with E-state index in [4.69, 9.17) is 4.74 Å². The van der Waals surface area contributed by atoms with Gasteiger partial charge in [0, 0.05) is 10.6 Å². The number of anilines is 2. The molecule has 22 heavy (non-hydrogen) atoms. The molecule has 3 nitrogen and oxygen atoms in total. The molecule has 116 valence electrons. The van der Waals surface area contributed by atoms with Crippen LogP contribution in [-0.2, 0) is 4.74 Å². The number of ether oxygens (including phenoxy) is 1. The summed E-state index contributed by atoms with van der Waals surface area (Å²) in [6, 6.07) is 13.6. The predicted molar refractivity (Wildman–Crippen MR) is 84.0 cm³/mol. The van der Waals surface area contributed by atoms with Crippen molar-refractivity contribution in [2.24, 2.45) is 0 Å². The zero-order chi connectivity index (χ0) is 15.9. The number of thioether (sulfide) groups is 1. The minimum Gasteiger partial charge on any atom is -0.462 e. The van der Waals surface area contributed by atoms with E-state index in [2.05, 4.69) is 5.32 Å². The Bertz CT molecular complexity index is 632. The zero-order valence-electron chi connectivity index (χ0n) is 11.9. The Hall–Kier alpha value is -2.08. The van der Waals surface area contributed by atoms with Crippen LogP contribution in [-0.4, -0.2) is 18.3 Å². The van der Waals surface area contributed by atoms with E-state index >= 15 is 0 Å². The van der Waals surface area contributed by atoms with Gasteiger partial charge in [0.1, 0.15) is 0 Å². The maximum absolute atomic E-state index is 12.3. The molecule has 0 saturated heterocycles. The van der Waals surface area contributed by atoms with Gasteiger partial charge in [0.25, 0.3) is 5.76 Å². The van der Waals surface area contributed by atoms with Gasteiger partial charge in [-0.1, -0.05) is 23.9 Å². The molecule has 0 aliphatic heterocycles. The van der Waals surface area contributed by atoms with Crippen LogP contribution in [0.1, 0.15) is 17.3 Å². The van der Waals surface area contributed by atoms with Crippen LogP contribution in [0.15, 0.2) is 53.4 Å². The van der Waals surface area contributed by atoms with E-state index in [-0.39, 0.29) is 0 Å². The molecule has 6 heteroatoms. The third-order valence-corrected chi connectivity index (χ3v) is 3.50. The Kier molecular flexibility index (Phi) is 5.77. The van der Waals surface area contributed by atoms with Crippen LogP contribution in [0.2, 0.25) is 0 Å². The minimum absolute atomic E-state index is 0.298. The monoisotopic (exact) mass is 323 g/mol. The second-order valence-corrected chi connectivity index (χ2v) is 5.36. The van der Waals surface area contributed by atoms with Gasteiger partial charge >= 0.3 is 5.97 Å². The van der Waals surface area contributed by atoms with E-state index in [9.17, 15) is 13.6 Å². The van der Waals surface area contributed by atoms with Gasteiger partial charge in [0.2, 0.25) is 0 Å². The second kappa shape index (κ2) is 7.79. The van der Waals surface area contributed by atoms with E-state index in [0.717, 1.165) is 0 Å². The number of carbonyl (C=O) groups is 1. The summed E-state index contributed by atoms with van der Waals surface area (Å²) in [5.41, 5.74) is 1.74. The first-order chi connectivity index (χ1) is 10.6. The van der Waals surface area contributed by atoms with Gasteiger partial charge in [-0.3, -0.25) is 0 Å². The highest BCUT2D eigenvalue weighted by molar-refractivity contribution is 7.99. The van der Waals surface area contributed by atoms with Crippen molar-refractivity contribution in [1.29, 1.82) is 0 Å². The van der Waals surface area contributed by atoms with Gasteiger partial charge in [0.05, 0.1) is 17.9 Å². The molecule has 2 aromatic carbocycles. The van der Waals surface area contributed by atoms with Crippen molar-refractivity contribution in [1.82, 2.24) is 0 Å². The van der Waals surface area contributed by atoms with Gasteiger partial charge in [0.15, 0.2) is 0 Å². The van der Waals surface area contributed by atoms with E-state index < -0.39 is 11.7 Å². The average Bonchev–Trinajstić information content (AvgIpc) is 2.49. The third kappa shape index (κ3) is 4.46. The lowest BCUT2D eigenvalue weighted by molar-refractivity contribution is 0.0527. The van der Waals surface area contributed by atoms with Gasteiger partial charge in [-0.25, -0.2) is 4.79 Å². The van der Waals surface area contributed by atoms with Crippen LogP contribution in [0.5, 0.6) is 0 Å². The first-order valence-electron chi connectivity index (χ1n) is 6.68. The molecular formula is C16H15F2NO2S. The summed E-state index contributed by atoms with van der Waals surface area (Å²) in [6.07, 6.45) is 0. The minimum atomic E-state index is -2.44. The SMILES string of the molecule is CCOC(=O)c1ccccc1Nc1ccc(SC(F)F)cc1. The molecule has 2 aromatic rings. The van der Waals surface area contributed by atoms with Crippen molar-refractivity contribution in [3.05, 3.63) is 54.1 Å². The Labute approximate surface area is 131 Å². The molecule has 0 amide bonds. The summed E-state index contributed by atoms with van der Waals surface area (Å²) in [5.74, 6) is -2.85. The molecule has 2 rings (SSSR count). The van der Waals surface area contributed by atoms with Gasteiger partial charge in [-0.05, 0) is 43.3 Å². The highest BCUT2D eigenvalue weighted by Gasteiger charge is 2.12. The maximum Gasteiger partial charge on any atom is 0.340 e. The lowest BCUT2D eigenvalue weighted by atomic mass is 10.1. The molecule has 0 aliphatic rings. The third-order valence-electron chi connectivity index (χ3n) is 2.78. The molecule has 0 radical (unpaired) electrons. The number of esters is 1. The van der Waals surface area contributed by atoms with Gasteiger partial charge < -0.3 is 10.1 Å². The lowest BCUT2D eigenvalue weighted by Crippen LogP contribution is -2.07. The maximum atomic E-state index is 12.3. The predicted octanol–water partition coefficient (Wildman–Crippen LogP) is 4.92. The van der Waals surface area contributed by atoms with Crippen LogP contribution in [0.4, 0.5) is 20.2 Å². The molecule has 0 saturated carbocycles. The molecule has 0 spiro atoms. The number of carbonyl (C=O) groups excluding carboxylic acids is 1. The molecule has 0 heterocycles. The van der Waals surface area contributed by atoms with Crippen molar-refractivity contribution in [3.63, 3.8) is 0 Å². The van der Waals surface area contributed by atoms with Crippen LogP contribution < -0.4 is 5.32 Å². The highest BCUT2D eigenvalue weighted by Crippen LogP contribution is 2.28. The molecule has 0 aliphatic carbocycles. The van der Waals surface area contributed by atoms with E-state index in [1.807, 2.05) is 0 Å². The largest absolute Gasteiger partial charge is 0.462 e. The molecular weight excluding hydrogens is 308 g/mol. The van der Waals surface area contributed by atoms with Crippen LogP contribution >= 0.6 is 11.8 Å². The standard InChI is InChI=1S/C16H15F2NO2S/c1-2-21-15(20)13-5-3-4-6-14(13)19-11-7-9-12(10-8-11)22-16(17)18/h3-10,16,19H,2H2,1H3. The van der Waals surface area contributed by atoms with Crippen LogP contribution in [0.25, 0.3) is 0 Å². The normalized spacial score (nSPS) is 10.5. The number of hydrogen-bond acceptors (Lipinski definition) is 4. The fraction of sp³-hybridized carbons (Fsp3) is 0.188. The van der Waals surface area contributed by atoms with Crippen LogP contribution in [0, 0.1) is 0 Å². The zero-order valence-corrected chi connectivity index (χ0v) is 12.7. The second-order valence-electron chi connectivity index (χ2n) is 4.29. The van der Waals surface area contributed by atoms with Crippen LogP contribution in [0.3, 0.4) is 0 Å². The Morgan fingerprint density at radius 3 is 2.50 bits per heavy atom. The van der Waals surface area contributed by atoms with Crippen molar-refractivity contribution in [3.8, 4) is 0 Å². The summed E-state index contributed by atoms with van der Waals surface area (Å²) in [6.45, 7) is 2.04. The number of nitrogens with one attached hydrogen (secondary N) is 1. The molecule has 1 N–H and O–H groups in total. The number of alkyl halides is 2. The number of rotatable bonds is 6. The van der Waals surface area contributed by atoms with Crippen molar-refractivity contribution in [2.75, 3.05) is 11.9 Å². The Balaban J connectivity index is 2.15. The first-order valence-corrected chi connectivity index (χ1v) is 7.56. The summed E-state index contributed by atoms with van der Waals surface area (Å²) < 4.78 is 29.6. The topological polar surface area (TPSA) is 38.3 Å². The summed E-state index contributed by atoms with van der Waals surface area (Å²) in [5, 5.41) is 3.09. The summed E-state index contributed by atoms with van der Waals surface area (Å²) in [7, 11) is 0. The number of halogens is 2. The number of hydrogen-bond donors (Lipinski definition) is 1. The molecule has 0 atom stereocenters.